The second kappa shape index (κ2) is 6.31. The number of rotatable bonds is 2. The second-order valence-corrected chi connectivity index (χ2v) is 9.57. The maximum Gasteiger partial charge on any atom is 0.243 e. The summed E-state index contributed by atoms with van der Waals surface area (Å²) in [5.41, 5.74) is 7.53. The maximum atomic E-state index is 13.4. The molecule has 2 aliphatic heterocycles. The SMILES string of the molecule is Nc1ncc2c(n1)C1(CCCN(S(=O)(=O)c3ccc4c(c3)OCCO4)C1)CC2. The molecule has 0 saturated carbocycles. The van der Waals surface area contributed by atoms with E-state index in [0.29, 0.717) is 37.8 Å². The molecule has 1 fully saturated rings. The first-order valence-electron chi connectivity index (χ1n) is 9.50. The van der Waals surface area contributed by atoms with Gasteiger partial charge in [0.05, 0.1) is 10.6 Å². The van der Waals surface area contributed by atoms with Gasteiger partial charge in [-0.15, -0.1) is 0 Å². The van der Waals surface area contributed by atoms with Crippen LogP contribution in [0.25, 0.3) is 0 Å². The Balaban J connectivity index is 1.48. The number of anilines is 1. The van der Waals surface area contributed by atoms with Crippen LogP contribution in [0.2, 0.25) is 0 Å². The third-order valence-electron chi connectivity index (χ3n) is 5.95. The molecule has 3 aliphatic rings. The summed E-state index contributed by atoms with van der Waals surface area (Å²) < 4.78 is 39.4. The average Bonchev–Trinajstić information content (AvgIpc) is 3.04. The number of benzene rings is 1. The van der Waals surface area contributed by atoms with E-state index >= 15 is 0 Å². The number of fused-ring (bicyclic) bond motifs is 3. The zero-order chi connectivity index (χ0) is 19.4. The Morgan fingerprint density at radius 1 is 1.14 bits per heavy atom. The smallest absolute Gasteiger partial charge is 0.243 e. The molecule has 9 heteroatoms. The molecular formula is C19H22N4O4S. The number of nitrogens with zero attached hydrogens (tertiary/aromatic N) is 3. The van der Waals surface area contributed by atoms with Crippen LogP contribution in [-0.2, 0) is 21.9 Å². The van der Waals surface area contributed by atoms with Crippen molar-refractivity contribution in [2.75, 3.05) is 32.0 Å². The van der Waals surface area contributed by atoms with E-state index < -0.39 is 10.0 Å². The summed E-state index contributed by atoms with van der Waals surface area (Å²) in [6.07, 6.45) is 5.19. The molecule has 1 unspecified atom stereocenters. The lowest BCUT2D eigenvalue weighted by molar-refractivity contribution is 0.171. The van der Waals surface area contributed by atoms with Crippen molar-refractivity contribution in [1.82, 2.24) is 14.3 Å². The fourth-order valence-electron chi connectivity index (χ4n) is 4.58. The van der Waals surface area contributed by atoms with Crippen LogP contribution in [0.1, 0.15) is 30.5 Å². The zero-order valence-electron chi connectivity index (χ0n) is 15.4. The van der Waals surface area contributed by atoms with Gasteiger partial charge in [0.2, 0.25) is 16.0 Å². The molecule has 1 spiro atoms. The molecule has 1 aromatic heterocycles. The highest BCUT2D eigenvalue weighted by Gasteiger charge is 2.46. The van der Waals surface area contributed by atoms with Gasteiger partial charge in [-0.25, -0.2) is 18.4 Å². The maximum absolute atomic E-state index is 13.4. The fourth-order valence-corrected chi connectivity index (χ4v) is 6.16. The van der Waals surface area contributed by atoms with Crippen LogP contribution in [0.3, 0.4) is 0 Å². The van der Waals surface area contributed by atoms with Crippen LogP contribution in [0.15, 0.2) is 29.3 Å². The topological polar surface area (TPSA) is 108 Å². The highest BCUT2D eigenvalue weighted by molar-refractivity contribution is 7.89. The molecule has 2 aromatic rings. The van der Waals surface area contributed by atoms with Crippen molar-refractivity contribution < 1.29 is 17.9 Å². The van der Waals surface area contributed by atoms with Crippen molar-refractivity contribution in [3.63, 3.8) is 0 Å². The molecule has 0 radical (unpaired) electrons. The van der Waals surface area contributed by atoms with Gasteiger partial charge in [0, 0.05) is 30.8 Å². The third kappa shape index (κ3) is 2.72. The number of sulfonamides is 1. The van der Waals surface area contributed by atoms with Gasteiger partial charge in [0.1, 0.15) is 13.2 Å². The largest absolute Gasteiger partial charge is 0.486 e. The molecule has 3 heterocycles. The first kappa shape index (κ1) is 17.7. The Bertz CT molecular complexity index is 1040. The van der Waals surface area contributed by atoms with Gasteiger partial charge in [0.15, 0.2) is 11.5 Å². The van der Waals surface area contributed by atoms with Crippen LogP contribution in [0.4, 0.5) is 5.95 Å². The normalized spacial score (nSPS) is 24.3. The average molecular weight is 402 g/mol. The lowest BCUT2D eigenvalue weighted by Crippen LogP contribution is -2.47. The molecule has 0 bridgehead atoms. The van der Waals surface area contributed by atoms with Gasteiger partial charge >= 0.3 is 0 Å². The number of nitrogen functional groups attached to an aromatic ring is 1. The molecule has 28 heavy (non-hydrogen) atoms. The fraction of sp³-hybridized carbons (Fsp3) is 0.474. The number of aromatic nitrogens is 2. The Kier molecular flexibility index (Phi) is 3.99. The summed E-state index contributed by atoms with van der Waals surface area (Å²) in [4.78, 5) is 8.81. The van der Waals surface area contributed by atoms with Crippen molar-refractivity contribution >= 4 is 16.0 Å². The van der Waals surface area contributed by atoms with Crippen molar-refractivity contribution in [2.45, 2.75) is 36.0 Å². The van der Waals surface area contributed by atoms with Crippen LogP contribution >= 0.6 is 0 Å². The highest BCUT2D eigenvalue weighted by atomic mass is 32.2. The summed E-state index contributed by atoms with van der Waals surface area (Å²) >= 11 is 0. The van der Waals surface area contributed by atoms with Gasteiger partial charge in [-0.2, -0.15) is 4.31 Å². The number of nitrogens with two attached hydrogens (primary N) is 1. The minimum atomic E-state index is -3.65. The summed E-state index contributed by atoms with van der Waals surface area (Å²) in [6.45, 7) is 1.79. The van der Waals surface area contributed by atoms with Crippen molar-refractivity contribution in [3.8, 4) is 11.5 Å². The lowest BCUT2D eigenvalue weighted by Gasteiger charge is -2.39. The van der Waals surface area contributed by atoms with E-state index in [4.69, 9.17) is 15.2 Å². The molecule has 1 atom stereocenters. The highest BCUT2D eigenvalue weighted by Crippen LogP contribution is 2.45. The van der Waals surface area contributed by atoms with E-state index in [2.05, 4.69) is 9.97 Å². The first-order valence-corrected chi connectivity index (χ1v) is 10.9. The summed E-state index contributed by atoms with van der Waals surface area (Å²) in [6, 6.07) is 4.82. The third-order valence-corrected chi connectivity index (χ3v) is 7.79. The molecule has 1 aliphatic carbocycles. The molecule has 148 valence electrons. The van der Waals surface area contributed by atoms with Gasteiger partial charge in [-0.3, -0.25) is 0 Å². The van der Waals surface area contributed by atoms with Crippen molar-refractivity contribution in [2.24, 2.45) is 0 Å². The predicted octanol–water partition coefficient (Wildman–Crippen LogP) is 1.50. The van der Waals surface area contributed by atoms with E-state index in [1.165, 1.54) is 0 Å². The van der Waals surface area contributed by atoms with Gasteiger partial charge in [-0.05, 0) is 43.4 Å². The number of hydrogen-bond donors (Lipinski definition) is 1. The molecule has 5 rings (SSSR count). The Morgan fingerprint density at radius 3 is 2.82 bits per heavy atom. The van der Waals surface area contributed by atoms with Gasteiger partial charge < -0.3 is 15.2 Å². The van der Waals surface area contributed by atoms with Crippen LogP contribution in [0, 0.1) is 0 Å². The molecule has 8 nitrogen and oxygen atoms in total. The van der Waals surface area contributed by atoms with E-state index in [9.17, 15) is 8.42 Å². The molecule has 2 N–H and O–H groups in total. The minimum absolute atomic E-state index is 0.231. The monoisotopic (exact) mass is 402 g/mol. The number of aryl methyl sites for hydroxylation is 1. The number of hydrogen-bond acceptors (Lipinski definition) is 7. The summed E-state index contributed by atoms with van der Waals surface area (Å²) in [5.74, 6) is 1.30. The number of piperidine rings is 1. The van der Waals surface area contributed by atoms with Crippen LogP contribution in [-0.4, -0.2) is 49.0 Å². The standard InChI is InChI=1S/C19H22N4O4S/c20-18-21-11-13-4-6-19(17(13)22-18)5-1-7-23(12-19)28(24,25)14-2-3-15-16(10-14)27-9-8-26-15/h2-3,10-11H,1,4-9,12H2,(H2,20,21,22). The molecular weight excluding hydrogens is 380 g/mol. The Labute approximate surface area is 163 Å². The summed E-state index contributed by atoms with van der Waals surface area (Å²) in [7, 11) is -3.65. The molecule has 1 saturated heterocycles. The van der Waals surface area contributed by atoms with Gasteiger partial charge in [0.25, 0.3) is 0 Å². The van der Waals surface area contributed by atoms with Crippen molar-refractivity contribution in [1.29, 1.82) is 0 Å². The van der Waals surface area contributed by atoms with Crippen molar-refractivity contribution in [3.05, 3.63) is 35.7 Å². The van der Waals surface area contributed by atoms with Crippen LogP contribution in [0.5, 0.6) is 11.5 Å². The minimum Gasteiger partial charge on any atom is -0.486 e. The van der Waals surface area contributed by atoms with Crippen LogP contribution < -0.4 is 15.2 Å². The predicted molar refractivity (Wildman–Crippen MR) is 102 cm³/mol. The Hall–Kier alpha value is -2.39. The number of ether oxygens (including phenoxy) is 2. The molecule has 0 amide bonds. The second-order valence-electron chi connectivity index (χ2n) is 7.63. The van der Waals surface area contributed by atoms with Gasteiger partial charge in [-0.1, -0.05) is 0 Å². The van der Waals surface area contributed by atoms with E-state index in [0.717, 1.165) is 36.9 Å². The van der Waals surface area contributed by atoms with E-state index in [1.54, 1.807) is 28.7 Å². The van der Waals surface area contributed by atoms with E-state index in [-0.39, 0.29) is 16.3 Å². The zero-order valence-corrected chi connectivity index (χ0v) is 16.2. The molecule has 1 aromatic carbocycles. The first-order chi connectivity index (χ1) is 13.5. The lowest BCUT2D eigenvalue weighted by atomic mass is 9.78. The summed E-state index contributed by atoms with van der Waals surface area (Å²) in [5, 5.41) is 0. The van der Waals surface area contributed by atoms with E-state index in [1.807, 2.05) is 0 Å². The Morgan fingerprint density at radius 2 is 1.96 bits per heavy atom. The quantitative estimate of drug-likeness (QED) is 0.811.